The number of halogens is 2. The molecule has 1 aliphatic rings. The van der Waals surface area contributed by atoms with E-state index in [2.05, 4.69) is 5.32 Å². The third-order valence-corrected chi connectivity index (χ3v) is 4.65. The van der Waals surface area contributed by atoms with Crippen LogP contribution in [0, 0.1) is 11.6 Å². The van der Waals surface area contributed by atoms with Crippen LogP contribution >= 0.6 is 0 Å². The molecule has 0 atom stereocenters. The van der Waals surface area contributed by atoms with E-state index in [0.29, 0.717) is 31.6 Å². The average Bonchev–Trinajstić information content (AvgIpc) is 2.63. The number of primary amides is 1. The summed E-state index contributed by atoms with van der Waals surface area (Å²) in [5.41, 5.74) is 4.65. The highest BCUT2D eigenvalue weighted by molar-refractivity contribution is 6.01. The SMILES string of the molecule is NC(=O)c1cc(NC(=O)C2(c3cccc(F)c3)CCOCC2)ccc1F. The summed E-state index contributed by atoms with van der Waals surface area (Å²) in [6, 6.07) is 9.50. The lowest BCUT2D eigenvalue weighted by Gasteiger charge is -2.36. The molecule has 0 aromatic heterocycles. The second-order valence-corrected chi connectivity index (χ2v) is 6.22. The molecule has 1 heterocycles. The van der Waals surface area contributed by atoms with Crippen LogP contribution in [0.25, 0.3) is 0 Å². The van der Waals surface area contributed by atoms with Crippen molar-refractivity contribution in [1.29, 1.82) is 0 Å². The number of carbonyl (C=O) groups is 2. The minimum absolute atomic E-state index is 0.243. The molecule has 5 nitrogen and oxygen atoms in total. The number of ether oxygens (including phenoxy) is 1. The molecule has 26 heavy (non-hydrogen) atoms. The number of carbonyl (C=O) groups excluding carboxylic acids is 2. The number of hydrogen-bond donors (Lipinski definition) is 2. The maximum Gasteiger partial charge on any atom is 0.251 e. The molecule has 2 aromatic carbocycles. The fraction of sp³-hybridized carbons (Fsp3) is 0.263. The molecule has 1 aliphatic heterocycles. The highest BCUT2D eigenvalue weighted by Gasteiger charge is 2.42. The Morgan fingerprint density at radius 2 is 1.81 bits per heavy atom. The smallest absolute Gasteiger partial charge is 0.251 e. The zero-order chi connectivity index (χ0) is 18.7. The molecule has 0 radical (unpaired) electrons. The second kappa shape index (κ2) is 7.21. The molecule has 2 aromatic rings. The average molecular weight is 360 g/mol. The molecule has 0 aliphatic carbocycles. The van der Waals surface area contributed by atoms with Gasteiger partial charge in [0, 0.05) is 18.9 Å². The molecule has 3 N–H and O–H groups in total. The topological polar surface area (TPSA) is 81.4 Å². The van der Waals surface area contributed by atoms with Crippen LogP contribution in [0.3, 0.4) is 0 Å². The molecular formula is C19H18F2N2O3. The highest BCUT2D eigenvalue weighted by atomic mass is 19.1. The van der Waals surface area contributed by atoms with Crippen LogP contribution in [0.15, 0.2) is 42.5 Å². The highest BCUT2D eigenvalue weighted by Crippen LogP contribution is 2.36. The maximum absolute atomic E-state index is 13.7. The third kappa shape index (κ3) is 3.43. The van der Waals surface area contributed by atoms with Gasteiger partial charge in [0.25, 0.3) is 5.91 Å². The third-order valence-electron chi connectivity index (χ3n) is 4.65. The largest absolute Gasteiger partial charge is 0.381 e. The molecule has 136 valence electrons. The molecule has 1 fully saturated rings. The van der Waals surface area contributed by atoms with Crippen molar-refractivity contribution in [3.05, 3.63) is 65.2 Å². The summed E-state index contributed by atoms with van der Waals surface area (Å²) in [7, 11) is 0. The minimum atomic E-state index is -0.971. The Bertz CT molecular complexity index is 848. The van der Waals surface area contributed by atoms with Crippen LogP contribution in [0.2, 0.25) is 0 Å². The van der Waals surface area contributed by atoms with Gasteiger partial charge in [0.2, 0.25) is 5.91 Å². The van der Waals surface area contributed by atoms with E-state index in [0.717, 1.165) is 6.07 Å². The fourth-order valence-corrected chi connectivity index (χ4v) is 3.20. The van der Waals surface area contributed by atoms with Crippen LogP contribution in [0.4, 0.5) is 14.5 Å². The second-order valence-electron chi connectivity index (χ2n) is 6.22. The molecule has 0 bridgehead atoms. The van der Waals surface area contributed by atoms with E-state index >= 15 is 0 Å². The maximum atomic E-state index is 13.7. The number of hydrogen-bond acceptors (Lipinski definition) is 3. The van der Waals surface area contributed by atoms with Crippen molar-refractivity contribution in [2.45, 2.75) is 18.3 Å². The Hall–Kier alpha value is -2.80. The van der Waals surface area contributed by atoms with Gasteiger partial charge in [0.1, 0.15) is 11.6 Å². The first-order valence-corrected chi connectivity index (χ1v) is 8.17. The van der Waals surface area contributed by atoms with E-state index in [1.54, 1.807) is 12.1 Å². The van der Waals surface area contributed by atoms with Gasteiger partial charge in [-0.1, -0.05) is 12.1 Å². The van der Waals surface area contributed by atoms with E-state index in [-0.39, 0.29) is 17.2 Å². The molecular weight excluding hydrogens is 342 g/mol. The molecule has 2 amide bonds. The van der Waals surface area contributed by atoms with E-state index in [1.807, 2.05) is 0 Å². The van der Waals surface area contributed by atoms with E-state index in [9.17, 15) is 18.4 Å². The molecule has 7 heteroatoms. The summed E-state index contributed by atoms with van der Waals surface area (Å²) in [6.07, 6.45) is 0.762. The Balaban J connectivity index is 1.94. The van der Waals surface area contributed by atoms with Gasteiger partial charge in [-0.2, -0.15) is 0 Å². The van der Waals surface area contributed by atoms with E-state index in [1.165, 1.54) is 24.3 Å². The number of amides is 2. The fourth-order valence-electron chi connectivity index (χ4n) is 3.20. The summed E-state index contributed by atoms with van der Waals surface area (Å²) in [5.74, 6) is -2.49. The Morgan fingerprint density at radius 3 is 2.46 bits per heavy atom. The van der Waals surface area contributed by atoms with Crippen molar-refractivity contribution in [1.82, 2.24) is 0 Å². The van der Waals surface area contributed by atoms with Crippen LogP contribution in [-0.2, 0) is 14.9 Å². The standard InChI is InChI=1S/C19H18F2N2O3/c20-13-3-1-2-12(10-13)19(6-8-26-9-7-19)18(25)23-14-4-5-16(21)15(11-14)17(22)24/h1-5,10-11H,6-9H2,(H2,22,24)(H,23,25). The minimum Gasteiger partial charge on any atom is -0.381 e. The van der Waals surface area contributed by atoms with Crippen LogP contribution in [-0.4, -0.2) is 25.0 Å². The predicted molar refractivity (Wildman–Crippen MR) is 91.7 cm³/mol. The van der Waals surface area contributed by atoms with Crippen LogP contribution in [0.5, 0.6) is 0 Å². The molecule has 0 spiro atoms. The molecule has 1 saturated heterocycles. The summed E-state index contributed by atoms with van der Waals surface area (Å²) in [6.45, 7) is 0.722. The number of benzene rings is 2. The van der Waals surface area contributed by atoms with Crippen molar-refractivity contribution >= 4 is 17.5 Å². The summed E-state index contributed by atoms with van der Waals surface area (Å²) >= 11 is 0. The van der Waals surface area contributed by atoms with Crippen molar-refractivity contribution < 1.29 is 23.1 Å². The van der Waals surface area contributed by atoms with Gasteiger partial charge in [0.05, 0.1) is 11.0 Å². The van der Waals surface area contributed by atoms with Gasteiger partial charge in [-0.25, -0.2) is 8.78 Å². The molecule has 0 saturated carbocycles. The van der Waals surface area contributed by atoms with Gasteiger partial charge in [-0.3, -0.25) is 9.59 Å². The Labute approximate surface area is 149 Å². The predicted octanol–water partition coefficient (Wildman–Crippen LogP) is 2.75. The van der Waals surface area contributed by atoms with Crippen molar-refractivity contribution in [2.24, 2.45) is 5.73 Å². The van der Waals surface area contributed by atoms with Crippen molar-refractivity contribution in [2.75, 3.05) is 18.5 Å². The summed E-state index contributed by atoms with van der Waals surface area (Å²) < 4.78 is 32.7. The molecule has 0 unspecified atom stereocenters. The molecule has 3 rings (SSSR count). The van der Waals surface area contributed by atoms with Gasteiger partial charge >= 0.3 is 0 Å². The zero-order valence-electron chi connectivity index (χ0n) is 13.9. The van der Waals surface area contributed by atoms with Gasteiger partial charge in [0.15, 0.2) is 0 Å². The van der Waals surface area contributed by atoms with E-state index < -0.39 is 23.0 Å². The van der Waals surface area contributed by atoms with Crippen molar-refractivity contribution in [3.8, 4) is 0 Å². The van der Waals surface area contributed by atoms with Crippen molar-refractivity contribution in [3.63, 3.8) is 0 Å². The number of nitrogens with one attached hydrogen (secondary N) is 1. The lowest BCUT2D eigenvalue weighted by molar-refractivity contribution is -0.125. The first-order chi connectivity index (χ1) is 12.4. The monoisotopic (exact) mass is 360 g/mol. The first kappa shape index (κ1) is 18.0. The van der Waals surface area contributed by atoms with Gasteiger partial charge in [-0.05, 0) is 48.7 Å². The van der Waals surface area contributed by atoms with Crippen LogP contribution in [0.1, 0.15) is 28.8 Å². The number of anilines is 1. The lowest BCUT2D eigenvalue weighted by atomic mass is 9.73. The lowest BCUT2D eigenvalue weighted by Crippen LogP contribution is -2.45. The Kier molecular flexibility index (Phi) is 4.99. The van der Waals surface area contributed by atoms with Crippen LogP contribution < -0.4 is 11.1 Å². The first-order valence-electron chi connectivity index (χ1n) is 8.17. The summed E-state index contributed by atoms with van der Waals surface area (Å²) in [4.78, 5) is 24.4. The quantitative estimate of drug-likeness (QED) is 0.880. The van der Waals surface area contributed by atoms with Gasteiger partial charge in [-0.15, -0.1) is 0 Å². The Morgan fingerprint density at radius 1 is 1.08 bits per heavy atom. The van der Waals surface area contributed by atoms with Gasteiger partial charge < -0.3 is 15.8 Å². The normalized spacial score (nSPS) is 16.1. The van der Waals surface area contributed by atoms with E-state index in [4.69, 9.17) is 10.5 Å². The summed E-state index contributed by atoms with van der Waals surface area (Å²) in [5, 5.41) is 2.70. The zero-order valence-corrected chi connectivity index (χ0v) is 13.9. The number of nitrogens with two attached hydrogens (primary N) is 1. The number of rotatable bonds is 4.